The van der Waals surface area contributed by atoms with Gasteiger partial charge in [0.15, 0.2) is 0 Å². The molecule has 3 nitrogen and oxygen atoms in total. The number of benzene rings is 1. The van der Waals surface area contributed by atoms with Crippen molar-refractivity contribution in [3.05, 3.63) is 33.2 Å². The van der Waals surface area contributed by atoms with E-state index in [1.165, 1.54) is 11.1 Å². The third kappa shape index (κ3) is 1.95. The van der Waals surface area contributed by atoms with Crippen molar-refractivity contribution in [3.63, 3.8) is 0 Å². The second kappa shape index (κ2) is 3.68. The maximum absolute atomic E-state index is 5.34. The molecule has 14 heavy (non-hydrogen) atoms. The number of nitrogens with zero attached hydrogens (tertiary/aromatic N) is 2. The van der Waals surface area contributed by atoms with E-state index >= 15 is 0 Å². The zero-order valence-electron chi connectivity index (χ0n) is 7.91. The fourth-order valence-corrected chi connectivity index (χ4v) is 1.74. The van der Waals surface area contributed by atoms with Crippen LogP contribution in [0.2, 0.25) is 0 Å². The van der Waals surface area contributed by atoms with Crippen molar-refractivity contribution >= 4 is 22.6 Å². The Hall–Kier alpha value is -0.910. The molecular weight excluding hydrogens is 291 g/mol. The smallest absolute Gasteiger partial charge is 0.278 e. The van der Waals surface area contributed by atoms with Crippen LogP contribution in [0.5, 0.6) is 0 Å². The molecule has 2 aromatic rings. The molecule has 0 amide bonds. The molecule has 0 unspecified atom stereocenters. The summed E-state index contributed by atoms with van der Waals surface area (Å²) in [5.74, 6) is 0.584. The van der Waals surface area contributed by atoms with Crippen LogP contribution in [0.15, 0.2) is 22.6 Å². The number of halogens is 1. The quantitative estimate of drug-likeness (QED) is 0.760. The van der Waals surface area contributed by atoms with Gasteiger partial charge in [0.25, 0.3) is 3.90 Å². The minimum absolute atomic E-state index is 0.566. The molecule has 2 rings (SSSR count). The van der Waals surface area contributed by atoms with Crippen molar-refractivity contribution < 1.29 is 4.42 Å². The van der Waals surface area contributed by atoms with Crippen molar-refractivity contribution in [2.45, 2.75) is 13.8 Å². The fourth-order valence-electron chi connectivity index (χ4n) is 1.42. The molecule has 1 aromatic carbocycles. The first kappa shape index (κ1) is 9.64. The highest BCUT2D eigenvalue weighted by atomic mass is 127. The first-order valence-electron chi connectivity index (χ1n) is 4.23. The Labute approximate surface area is 95.7 Å². The van der Waals surface area contributed by atoms with Crippen molar-refractivity contribution in [3.8, 4) is 11.5 Å². The number of rotatable bonds is 1. The summed E-state index contributed by atoms with van der Waals surface area (Å²) >= 11 is 2.00. The van der Waals surface area contributed by atoms with Crippen LogP contribution in [0.25, 0.3) is 11.5 Å². The molecule has 0 atom stereocenters. The molecule has 0 aliphatic rings. The van der Waals surface area contributed by atoms with E-state index in [4.69, 9.17) is 4.42 Å². The van der Waals surface area contributed by atoms with E-state index in [-0.39, 0.29) is 0 Å². The summed E-state index contributed by atoms with van der Waals surface area (Å²) < 4.78 is 5.91. The monoisotopic (exact) mass is 300 g/mol. The van der Waals surface area contributed by atoms with Gasteiger partial charge in [-0.15, -0.1) is 10.2 Å². The molecule has 0 aliphatic carbocycles. The number of aromatic nitrogens is 2. The van der Waals surface area contributed by atoms with Gasteiger partial charge in [-0.25, -0.2) is 0 Å². The van der Waals surface area contributed by atoms with Crippen LogP contribution in [-0.4, -0.2) is 10.2 Å². The molecule has 0 aliphatic heterocycles. The van der Waals surface area contributed by atoms with Crippen molar-refractivity contribution in [1.29, 1.82) is 0 Å². The average molecular weight is 300 g/mol. The van der Waals surface area contributed by atoms with Gasteiger partial charge >= 0.3 is 0 Å². The molecule has 1 aromatic heterocycles. The zero-order chi connectivity index (χ0) is 10.1. The van der Waals surface area contributed by atoms with Crippen molar-refractivity contribution in [2.75, 3.05) is 0 Å². The maximum atomic E-state index is 5.34. The predicted octanol–water partition coefficient (Wildman–Crippen LogP) is 2.96. The number of hydrogen-bond acceptors (Lipinski definition) is 3. The lowest BCUT2D eigenvalue weighted by Crippen LogP contribution is -1.82. The molecule has 0 radical (unpaired) electrons. The molecule has 0 bridgehead atoms. The first-order valence-corrected chi connectivity index (χ1v) is 5.31. The minimum atomic E-state index is 0.566. The molecule has 1 heterocycles. The van der Waals surface area contributed by atoms with Gasteiger partial charge in [-0.1, -0.05) is 17.2 Å². The summed E-state index contributed by atoms with van der Waals surface area (Å²) in [6.45, 7) is 4.11. The lowest BCUT2D eigenvalue weighted by molar-refractivity contribution is 0.537. The van der Waals surface area contributed by atoms with Crippen LogP contribution in [0.1, 0.15) is 11.1 Å². The van der Waals surface area contributed by atoms with Crippen LogP contribution in [-0.2, 0) is 0 Å². The van der Waals surface area contributed by atoms with E-state index in [1.807, 2.05) is 34.7 Å². The van der Waals surface area contributed by atoms with Gasteiger partial charge < -0.3 is 4.42 Å². The van der Waals surface area contributed by atoms with E-state index in [0.29, 0.717) is 9.79 Å². The summed E-state index contributed by atoms with van der Waals surface area (Å²) in [6.07, 6.45) is 0. The Morgan fingerprint density at radius 2 is 1.71 bits per heavy atom. The first-order chi connectivity index (χ1) is 6.65. The standard InChI is InChI=1S/C10H9IN2O/c1-6-3-7(2)5-8(4-6)9-12-13-10(11)14-9/h3-5H,1-2H3. The van der Waals surface area contributed by atoms with Gasteiger partial charge in [0, 0.05) is 28.2 Å². The third-order valence-electron chi connectivity index (χ3n) is 1.87. The summed E-state index contributed by atoms with van der Waals surface area (Å²) in [5.41, 5.74) is 3.39. The number of hydrogen-bond donors (Lipinski definition) is 0. The van der Waals surface area contributed by atoms with E-state index < -0.39 is 0 Å². The molecule has 0 saturated carbocycles. The van der Waals surface area contributed by atoms with Crippen LogP contribution in [0, 0.1) is 17.7 Å². The predicted molar refractivity (Wildman–Crippen MR) is 61.9 cm³/mol. The lowest BCUT2D eigenvalue weighted by atomic mass is 10.1. The number of aryl methyl sites for hydroxylation is 2. The highest BCUT2D eigenvalue weighted by Gasteiger charge is 2.06. The minimum Gasteiger partial charge on any atom is -0.412 e. The third-order valence-corrected chi connectivity index (χ3v) is 2.30. The summed E-state index contributed by atoms with van der Waals surface area (Å²) in [6, 6.07) is 6.19. The van der Waals surface area contributed by atoms with Crippen molar-refractivity contribution in [1.82, 2.24) is 10.2 Å². The Kier molecular flexibility index (Phi) is 2.54. The highest BCUT2D eigenvalue weighted by Crippen LogP contribution is 2.21. The van der Waals surface area contributed by atoms with E-state index in [1.54, 1.807) is 0 Å². The highest BCUT2D eigenvalue weighted by molar-refractivity contribution is 14.1. The Morgan fingerprint density at radius 3 is 2.21 bits per heavy atom. The molecule has 0 fully saturated rings. The topological polar surface area (TPSA) is 38.9 Å². The lowest BCUT2D eigenvalue weighted by Gasteiger charge is -1.99. The van der Waals surface area contributed by atoms with Crippen LogP contribution in [0.4, 0.5) is 0 Å². The molecule has 0 saturated heterocycles. The summed E-state index contributed by atoms with van der Waals surface area (Å²) in [7, 11) is 0. The summed E-state index contributed by atoms with van der Waals surface area (Å²) in [4.78, 5) is 0. The Balaban J connectivity index is 2.51. The normalized spacial score (nSPS) is 10.5. The van der Waals surface area contributed by atoms with E-state index in [2.05, 4.69) is 30.1 Å². The van der Waals surface area contributed by atoms with E-state index in [9.17, 15) is 0 Å². The molecular formula is C10H9IN2O. The van der Waals surface area contributed by atoms with Gasteiger partial charge in [-0.05, 0) is 26.0 Å². The van der Waals surface area contributed by atoms with Gasteiger partial charge in [-0.3, -0.25) is 0 Å². The maximum Gasteiger partial charge on any atom is 0.278 e. The molecule has 0 N–H and O–H groups in total. The molecule has 4 heteroatoms. The second-order valence-electron chi connectivity index (χ2n) is 3.24. The van der Waals surface area contributed by atoms with Crippen LogP contribution >= 0.6 is 22.6 Å². The largest absolute Gasteiger partial charge is 0.412 e. The Morgan fingerprint density at radius 1 is 1.07 bits per heavy atom. The van der Waals surface area contributed by atoms with Crippen molar-refractivity contribution in [2.24, 2.45) is 0 Å². The van der Waals surface area contributed by atoms with Gasteiger partial charge in [0.05, 0.1) is 0 Å². The van der Waals surface area contributed by atoms with Gasteiger partial charge in [0.2, 0.25) is 5.89 Å². The SMILES string of the molecule is Cc1cc(C)cc(-c2nnc(I)o2)c1. The Bertz CT molecular complexity index is 445. The zero-order valence-corrected chi connectivity index (χ0v) is 10.1. The second-order valence-corrected chi connectivity index (χ2v) is 4.16. The molecule has 0 spiro atoms. The van der Waals surface area contributed by atoms with Crippen LogP contribution in [0.3, 0.4) is 0 Å². The fraction of sp³-hybridized carbons (Fsp3) is 0.200. The average Bonchev–Trinajstić information content (AvgIpc) is 2.50. The molecule has 72 valence electrons. The van der Waals surface area contributed by atoms with Crippen LogP contribution < -0.4 is 0 Å². The summed E-state index contributed by atoms with van der Waals surface area (Å²) in [5, 5.41) is 7.77. The van der Waals surface area contributed by atoms with E-state index in [0.717, 1.165) is 5.56 Å². The van der Waals surface area contributed by atoms with Gasteiger partial charge in [-0.2, -0.15) is 0 Å². The van der Waals surface area contributed by atoms with Gasteiger partial charge in [0.1, 0.15) is 0 Å².